The molecule has 1 heterocycles. The van der Waals surface area contributed by atoms with E-state index in [0.717, 1.165) is 5.56 Å². The first-order chi connectivity index (χ1) is 7.15. The molecule has 0 aliphatic carbocycles. The number of nitrogens with two attached hydrogens (primary N) is 1. The van der Waals surface area contributed by atoms with Crippen molar-refractivity contribution in [3.63, 3.8) is 0 Å². The van der Waals surface area contributed by atoms with E-state index in [1.165, 1.54) is 7.11 Å². The lowest BCUT2D eigenvalue weighted by Crippen LogP contribution is -2.39. The molecule has 0 fully saturated rings. The van der Waals surface area contributed by atoms with Crippen LogP contribution in [-0.2, 0) is 9.53 Å². The number of hydrogen-bond donors (Lipinski definition) is 2. The number of aryl methyl sites for hydroxylation is 1. The summed E-state index contributed by atoms with van der Waals surface area (Å²) < 4.78 is 4.79. The maximum absolute atomic E-state index is 11.5. The van der Waals surface area contributed by atoms with Gasteiger partial charge in [0.2, 0.25) is 5.91 Å². The van der Waals surface area contributed by atoms with Gasteiger partial charge in [0.1, 0.15) is 6.04 Å². The number of ether oxygens (including phenoxy) is 1. The maximum Gasteiger partial charge on any atom is 0.243 e. The highest BCUT2D eigenvalue weighted by atomic mass is 35.5. The van der Waals surface area contributed by atoms with Crippen LogP contribution < -0.4 is 11.1 Å². The van der Waals surface area contributed by atoms with Gasteiger partial charge in [-0.15, -0.1) is 24.8 Å². The average Bonchev–Trinajstić information content (AvgIpc) is 2.21. The molecule has 17 heavy (non-hydrogen) atoms. The van der Waals surface area contributed by atoms with Gasteiger partial charge in [0.15, 0.2) is 0 Å². The number of nitrogens with zero attached hydrogens (tertiary/aromatic N) is 1. The Balaban J connectivity index is 0. The molecule has 0 radical (unpaired) electrons. The van der Waals surface area contributed by atoms with Gasteiger partial charge in [0, 0.05) is 13.3 Å². The number of hydrogen-bond acceptors (Lipinski definition) is 4. The first-order valence-electron chi connectivity index (χ1n) is 4.61. The lowest BCUT2D eigenvalue weighted by Gasteiger charge is -2.12. The normalized spacial score (nSPS) is 10.8. The van der Waals surface area contributed by atoms with E-state index in [2.05, 4.69) is 10.3 Å². The quantitative estimate of drug-likeness (QED) is 0.868. The zero-order valence-electron chi connectivity index (χ0n) is 9.67. The summed E-state index contributed by atoms with van der Waals surface area (Å²) in [5.41, 5.74) is 7.19. The number of aromatic nitrogens is 1. The van der Waals surface area contributed by atoms with Crippen molar-refractivity contribution in [1.82, 2.24) is 4.98 Å². The number of rotatable bonds is 4. The molecule has 0 aliphatic heterocycles. The average molecular weight is 282 g/mol. The van der Waals surface area contributed by atoms with Crippen molar-refractivity contribution in [3.8, 4) is 0 Å². The Labute approximate surface area is 113 Å². The zero-order chi connectivity index (χ0) is 11.3. The lowest BCUT2D eigenvalue weighted by atomic mass is 10.2. The van der Waals surface area contributed by atoms with Gasteiger partial charge in [0.05, 0.1) is 18.5 Å². The molecule has 98 valence electrons. The van der Waals surface area contributed by atoms with E-state index < -0.39 is 6.04 Å². The molecule has 1 aromatic rings. The van der Waals surface area contributed by atoms with E-state index in [0.29, 0.717) is 5.69 Å². The highest BCUT2D eigenvalue weighted by Gasteiger charge is 2.13. The van der Waals surface area contributed by atoms with E-state index in [1.807, 2.05) is 13.0 Å². The fraction of sp³-hybridized carbons (Fsp3) is 0.400. The second-order valence-corrected chi connectivity index (χ2v) is 3.24. The molecule has 1 amide bonds. The van der Waals surface area contributed by atoms with E-state index in [-0.39, 0.29) is 37.3 Å². The molecule has 1 unspecified atom stereocenters. The summed E-state index contributed by atoms with van der Waals surface area (Å²) in [6.07, 6.45) is 3.26. The number of pyridine rings is 1. The monoisotopic (exact) mass is 281 g/mol. The first kappa shape index (κ1) is 18.5. The molecule has 0 aromatic carbocycles. The predicted molar refractivity (Wildman–Crippen MR) is 72.0 cm³/mol. The Morgan fingerprint density at radius 2 is 2.24 bits per heavy atom. The Bertz CT molecular complexity index is 350. The SMILES string of the molecule is COCC(N)C(=O)Nc1cnccc1C.Cl.Cl. The van der Waals surface area contributed by atoms with Crippen molar-refractivity contribution < 1.29 is 9.53 Å². The molecule has 0 aliphatic rings. The van der Waals surface area contributed by atoms with Crippen molar-refractivity contribution in [3.05, 3.63) is 24.0 Å². The number of amides is 1. The minimum Gasteiger partial charge on any atom is -0.383 e. The van der Waals surface area contributed by atoms with Crippen LogP contribution in [0.3, 0.4) is 0 Å². The topological polar surface area (TPSA) is 77.2 Å². The maximum atomic E-state index is 11.5. The molecule has 5 nitrogen and oxygen atoms in total. The van der Waals surface area contributed by atoms with Gasteiger partial charge in [0.25, 0.3) is 0 Å². The molecule has 0 spiro atoms. The van der Waals surface area contributed by atoms with Crippen LogP contribution in [0.25, 0.3) is 0 Å². The number of anilines is 1. The van der Waals surface area contributed by atoms with E-state index in [9.17, 15) is 4.79 Å². The molecule has 7 heteroatoms. The van der Waals surface area contributed by atoms with Gasteiger partial charge in [-0.3, -0.25) is 9.78 Å². The highest BCUT2D eigenvalue weighted by molar-refractivity contribution is 5.95. The fourth-order valence-corrected chi connectivity index (χ4v) is 1.08. The summed E-state index contributed by atoms with van der Waals surface area (Å²) in [6, 6.07) is 1.16. The fourth-order valence-electron chi connectivity index (χ4n) is 1.08. The summed E-state index contributed by atoms with van der Waals surface area (Å²) in [4.78, 5) is 15.4. The number of carbonyl (C=O) groups is 1. The second kappa shape index (κ2) is 9.18. The van der Waals surface area contributed by atoms with Crippen molar-refractivity contribution >= 4 is 36.4 Å². The summed E-state index contributed by atoms with van der Waals surface area (Å²) in [7, 11) is 1.50. The number of carbonyl (C=O) groups excluding carboxylic acids is 1. The van der Waals surface area contributed by atoms with Gasteiger partial charge < -0.3 is 15.8 Å². The van der Waals surface area contributed by atoms with Crippen molar-refractivity contribution in [2.24, 2.45) is 5.73 Å². The van der Waals surface area contributed by atoms with Crippen molar-refractivity contribution in [1.29, 1.82) is 0 Å². The Hall–Kier alpha value is -0.880. The largest absolute Gasteiger partial charge is 0.383 e. The van der Waals surface area contributed by atoms with Crippen LogP contribution in [0.4, 0.5) is 5.69 Å². The third-order valence-corrected chi connectivity index (χ3v) is 1.98. The van der Waals surface area contributed by atoms with E-state index >= 15 is 0 Å². The molecule has 3 N–H and O–H groups in total. The third-order valence-electron chi connectivity index (χ3n) is 1.98. The zero-order valence-corrected chi connectivity index (χ0v) is 11.3. The number of halogens is 2. The van der Waals surface area contributed by atoms with E-state index in [4.69, 9.17) is 10.5 Å². The van der Waals surface area contributed by atoms with E-state index in [1.54, 1.807) is 12.4 Å². The van der Waals surface area contributed by atoms with Crippen molar-refractivity contribution in [2.75, 3.05) is 19.0 Å². The van der Waals surface area contributed by atoms with Crippen LogP contribution in [0.5, 0.6) is 0 Å². The first-order valence-corrected chi connectivity index (χ1v) is 4.61. The molecule has 0 bridgehead atoms. The Morgan fingerprint density at radius 3 is 2.76 bits per heavy atom. The van der Waals surface area contributed by atoms with Gasteiger partial charge in [-0.25, -0.2) is 0 Å². The van der Waals surface area contributed by atoms with Crippen LogP contribution in [0.1, 0.15) is 5.56 Å². The number of nitrogens with one attached hydrogen (secondary N) is 1. The smallest absolute Gasteiger partial charge is 0.243 e. The molecule has 1 aromatic heterocycles. The minimum atomic E-state index is -0.658. The summed E-state index contributed by atoms with van der Waals surface area (Å²) in [5, 5.41) is 2.69. The van der Waals surface area contributed by atoms with Gasteiger partial charge in [-0.05, 0) is 18.6 Å². The molecule has 0 saturated heterocycles. The van der Waals surface area contributed by atoms with Gasteiger partial charge in [-0.2, -0.15) is 0 Å². The van der Waals surface area contributed by atoms with Gasteiger partial charge >= 0.3 is 0 Å². The standard InChI is InChI=1S/C10H15N3O2.2ClH/c1-7-3-4-12-5-9(7)13-10(14)8(11)6-15-2;;/h3-5,8H,6,11H2,1-2H3,(H,13,14);2*1H. The summed E-state index contributed by atoms with van der Waals surface area (Å²) >= 11 is 0. The van der Waals surface area contributed by atoms with Crippen molar-refractivity contribution in [2.45, 2.75) is 13.0 Å². The molecular weight excluding hydrogens is 265 g/mol. The van der Waals surface area contributed by atoms with Crippen LogP contribution in [0.15, 0.2) is 18.5 Å². The minimum absolute atomic E-state index is 0. The highest BCUT2D eigenvalue weighted by Crippen LogP contribution is 2.11. The number of methoxy groups -OCH3 is 1. The molecular formula is C10H17Cl2N3O2. The van der Waals surface area contributed by atoms with Crippen LogP contribution in [0, 0.1) is 6.92 Å². The Morgan fingerprint density at radius 1 is 1.59 bits per heavy atom. The van der Waals surface area contributed by atoms with Crippen LogP contribution >= 0.6 is 24.8 Å². The Kier molecular flexibility index (Phi) is 9.98. The summed E-state index contributed by atoms with van der Waals surface area (Å²) in [6.45, 7) is 2.09. The predicted octanol–water partition coefficient (Wildman–Crippen LogP) is 1.15. The van der Waals surface area contributed by atoms with Crippen LogP contribution in [-0.4, -0.2) is 30.6 Å². The van der Waals surface area contributed by atoms with Crippen LogP contribution in [0.2, 0.25) is 0 Å². The third kappa shape index (κ3) is 5.83. The molecule has 1 rings (SSSR count). The van der Waals surface area contributed by atoms with Gasteiger partial charge in [-0.1, -0.05) is 0 Å². The second-order valence-electron chi connectivity index (χ2n) is 3.24. The summed E-state index contributed by atoms with van der Waals surface area (Å²) in [5.74, 6) is -0.270. The lowest BCUT2D eigenvalue weighted by molar-refractivity contribution is -0.118. The molecule has 0 saturated carbocycles. The molecule has 1 atom stereocenters.